The zero-order valence-corrected chi connectivity index (χ0v) is 11.1. The summed E-state index contributed by atoms with van der Waals surface area (Å²) in [7, 11) is 0. The SMILES string of the molecule is CCCCOC(=O)C=Cc1cccc2ccccc12. The molecule has 0 saturated heterocycles. The molecule has 0 N–H and O–H groups in total. The molecule has 0 saturated carbocycles. The summed E-state index contributed by atoms with van der Waals surface area (Å²) in [6, 6.07) is 14.2. The summed E-state index contributed by atoms with van der Waals surface area (Å²) in [5.41, 5.74) is 1.03. The zero-order chi connectivity index (χ0) is 13.5. The zero-order valence-electron chi connectivity index (χ0n) is 11.1. The molecule has 0 bridgehead atoms. The molecule has 0 aliphatic heterocycles. The van der Waals surface area contributed by atoms with Crippen molar-refractivity contribution in [1.82, 2.24) is 0 Å². The Bertz CT molecular complexity index is 579. The lowest BCUT2D eigenvalue weighted by molar-refractivity contribution is -0.137. The maximum Gasteiger partial charge on any atom is 0.330 e. The van der Waals surface area contributed by atoms with E-state index in [0.717, 1.165) is 23.8 Å². The number of carbonyl (C=O) groups excluding carboxylic acids is 1. The maximum atomic E-state index is 11.5. The van der Waals surface area contributed by atoms with Gasteiger partial charge in [-0.2, -0.15) is 0 Å². The lowest BCUT2D eigenvalue weighted by Crippen LogP contribution is -2.01. The molecule has 0 heterocycles. The molecule has 0 fully saturated rings. The highest BCUT2D eigenvalue weighted by Crippen LogP contribution is 2.19. The van der Waals surface area contributed by atoms with Crippen molar-refractivity contribution in [2.45, 2.75) is 19.8 Å². The predicted octanol–water partition coefficient (Wildman–Crippen LogP) is 4.20. The molecule has 2 rings (SSSR count). The quantitative estimate of drug-likeness (QED) is 0.454. The van der Waals surface area contributed by atoms with Crippen molar-refractivity contribution in [2.24, 2.45) is 0 Å². The summed E-state index contributed by atoms with van der Waals surface area (Å²) in [4.78, 5) is 11.5. The van der Waals surface area contributed by atoms with E-state index >= 15 is 0 Å². The van der Waals surface area contributed by atoms with Gasteiger partial charge in [-0.05, 0) is 28.8 Å². The molecule has 2 aromatic carbocycles. The highest BCUT2D eigenvalue weighted by Gasteiger charge is 1.99. The number of hydrogen-bond acceptors (Lipinski definition) is 2. The van der Waals surface area contributed by atoms with Crippen LogP contribution < -0.4 is 0 Å². The molecule has 2 aromatic rings. The minimum Gasteiger partial charge on any atom is -0.463 e. The van der Waals surface area contributed by atoms with Crippen LogP contribution in [0.2, 0.25) is 0 Å². The van der Waals surface area contributed by atoms with Crippen molar-refractivity contribution < 1.29 is 9.53 Å². The second-order valence-corrected chi connectivity index (χ2v) is 4.42. The van der Waals surface area contributed by atoms with E-state index in [9.17, 15) is 4.79 Å². The first kappa shape index (κ1) is 13.3. The van der Waals surface area contributed by atoms with E-state index in [1.54, 1.807) is 0 Å². The van der Waals surface area contributed by atoms with Gasteiger partial charge in [0.05, 0.1) is 6.61 Å². The Morgan fingerprint density at radius 3 is 2.79 bits per heavy atom. The van der Waals surface area contributed by atoms with Crippen molar-refractivity contribution in [2.75, 3.05) is 6.61 Å². The maximum absolute atomic E-state index is 11.5. The molecule has 2 heteroatoms. The van der Waals surface area contributed by atoms with E-state index < -0.39 is 0 Å². The molecule has 0 unspecified atom stereocenters. The van der Waals surface area contributed by atoms with Gasteiger partial charge in [-0.1, -0.05) is 55.8 Å². The van der Waals surface area contributed by atoms with E-state index in [0.29, 0.717) is 6.61 Å². The van der Waals surface area contributed by atoms with Crippen LogP contribution in [0.5, 0.6) is 0 Å². The molecule has 0 amide bonds. The Morgan fingerprint density at radius 2 is 1.95 bits per heavy atom. The summed E-state index contributed by atoms with van der Waals surface area (Å²) in [6.45, 7) is 2.56. The van der Waals surface area contributed by atoms with Gasteiger partial charge in [-0.15, -0.1) is 0 Å². The molecule has 0 radical (unpaired) electrons. The van der Waals surface area contributed by atoms with Crippen LogP contribution in [0.25, 0.3) is 16.8 Å². The molecule has 0 aliphatic carbocycles. The Hall–Kier alpha value is -2.09. The second kappa shape index (κ2) is 6.74. The van der Waals surface area contributed by atoms with Gasteiger partial charge in [-0.3, -0.25) is 0 Å². The lowest BCUT2D eigenvalue weighted by Gasteiger charge is -2.02. The summed E-state index contributed by atoms with van der Waals surface area (Å²) < 4.78 is 5.09. The average Bonchev–Trinajstić information content (AvgIpc) is 2.45. The topological polar surface area (TPSA) is 26.3 Å². The molecule has 0 spiro atoms. The molecular weight excluding hydrogens is 236 g/mol. The second-order valence-electron chi connectivity index (χ2n) is 4.42. The van der Waals surface area contributed by atoms with Crippen LogP contribution in [0.1, 0.15) is 25.3 Å². The van der Waals surface area contributed by atoms with E-state index in [1.165, 1.54) is 11.5 Å². The van der Waals surface area contributed by atoms with Gasteiger partial charge in [-0.25, -0.2) is 4.79 Å². The normalized spacial score (nSPS) is 11.0. The number of carbonyl (C=O) groups is 1. The number of ether oxygens (including phenoxy) is 1. The van der Waals surface area contributed by atoms with Crippen molar-refractivity contribution in [3.8, 4) is 0 Å². The third kappa shape index (κ3) is 3.68. The first-order chi connectivity index (χ1) is 9.31. The van der Waals surface area contributed by atoms with Gasteiger partial charge in [0, 0.05) is 6.08 Å². The summed E-state index contributed by atoms with van der Waals surface area (Å²) in [6.07, 6.45) is 5.25. The average molecular weight is 254 g/mol. The molecule has 0 aliphatic rings. The molecular formula is C17H18O2. The molecule has 98 valence electrons. The standard InChI is InChI=1S/C17H18O2/c1-2-3-13-19-17(18)12-11-15-9-6-8-14-7-4-5-10-16(14)15/h4-12H,2-3,13H2,1H3. The number of benzene rings is 2. The molecule has 2 nitrogen and oxygen atoms in total. The summed E-state index contributed by atoms with van der Waals surface area (Å²) in [5, 5.41) is 2.31. The predicted molar refractivity (Wildman–Crippen MR) is 78.8 cm³/mol. The van der Waals surface area contributed by atoms with E-state index in [1.807, 2.05) is 30.3 Å². The van der Waals surface area contributed by atoms with E-state index in [2.05, 4.69) is 25.1 Å². The van der Waals surface area contributed by atoms with Crippen LogP contribution in [0, 0.1) is 0 Å². The summed E-state index contributed by atoms with van der Waals surface area (Å²) in [5.74, 6) is -0.276. The van der Waals surface area contributed by atoms with Crippen molar-refractivity contribution >= 4 is 22.8 Å². The first-order valence-electron chi connectivity index (χ1n) is 6.64. The largest absolute Gasteiger partial charge is 0.463 e. The van der Waals surface area contributed by atoms with Crippen LogP contribution >= 0.6 is 0 Å². The Labute approximate surface area is 113 Å². The smallest absolute Gasteiger partial charge is 0.330 e. The molecule has 0 aromatic heterocycles. The van der Waals surface area contributed by atoms with Crippen molar-refractivity contribution in [1.29, 1.82) is 0 Å². The fourth-order valence-corrected chi connectivity index (χ4v) is 1.92. The number of hydrogen-bond donors (Lipinski definition) is 0. The van der Waals surface area contributed by atoms with E-state index in [4.69, 9.17) is 4.74 Å². The van der Waals surface area contributed by atoms with Gasteiger partial charge in [0.25, 0.3) is 0 Å². The fourth-order valence-electron chi connectivity index (χ4n) is 1.92. The van der Waals surface area contributed by atoms with Crippen molar-refractivity contribution in [3.63, 3.8) is 0 Å². The number of esters is 1. The third-order valence-electron chi connectivity index (χ3n) is 2.96. The van der Waals surface area contributed by atoms with Gasteiger partial charge in [0.15, 0.2) is 0 Å². The molecule has 19 heavy (non-hydrogen) atoms. The first-order valence-corrected chi connectivity index (χ1v) is 6.64. The summed E-state index contributed by atoms with van der Waals surface area (Å²) >= 11 is 0. The Balaban J connectivity index is 2.10. The number of rotatable bonds is 5. The van der Waals surface area contributed by atoms with Crippen LogP contribution in [-0.4, -0.2) is 12.6 Å². The van der Waals surface area contributed by atoms with Crippen LogP contribution in [-0.2, 0) is 9.53 Å². The van der Waals surface area contributed by atoms with Crippen molar-refractivity contribution in [3.05, 3.63) is 54.1 Å². The highest BCUT2D eigenvalue weighted by atomic mass is 16.5. The van der Waals surface area contributed by atoms with Crippen LogP contribution in [0.15, 0.2) is 48.5 Å². The monoisotopic (exact) mass is 254 g/mol. The lowest BCUT2D eigenvalue weighted by atomic mass is 10.0. The van der Waals surface area contributed by atoms with Gasteiger partial charge in [0.2, 0.25) is 0 Å². The van der Waals surface area contributed by atoms with E-state index in [-0.39, 0.29) is 5.97 Å². The number of unbranched alkanes of at least 4 members (excludes halogenated alkanes) is 1. The van der Waals surface area contributed by atoms with Gasteiger partial charge in [0.1, 0.15) is 0 Å². The fraction of sp³-hybridized carbons (Fsp3) is 0.235. The minimum atomic E-state index is -0.276. The minimum absolute atomic E-state index is 0.276. The third-order valence-corrected chi connectivity index (χ3v) is 2.96. The Morgan fingerprint density at radius 1 is 1.16 bits per heavy atom. The van der Waals surface area contributed by atoms with Gasteiger partial charge < -0.3 is 4.74 Å². The molecule has 0 atom stereocenters. The van der Waals surface area contributed by atoms with Crippen LogP contribution in [0.4, 0.5) is 0 Å². The van der Waals surface area contributed by atoms with Gasteiger partial charge >= 0.3 is 5.97 Å². The number of fused-ring (bicyclic) bond motifs is 1. The van der Waals surface area contributed by atoms with Crippen LogP contribution in [0.3, 0.4) is 0 Å². The highest BCUT2D eigenvalue weighted by molar-refractivity contribution is 5.94. The Kier molecular flexibility index (Phi) is 4.73.